The summed E-state index contributed by atoms with van der Waals surface area (Å²) in [4.78, 5) is 18.2. The zero-order valence-electron chi connectivity index (χ0n) is 9.02. The molecule has 0 spiro atoms. The molecule has 5 heteroatoms. The summed E-state index contributed by atoms with van der Waals surface area (Å²) in [5.41, 5.74) is -0.481. The monoisotopic (exact) mass is 210 g/mol. The maximum absolute atomic E-state index is 10.6. The maximum Gasteiger partial charge on any atom is 0.356 e. The normalized spacial score (nSPS) is 11.1. The predicted octanol–water partition coefficient (Wildman–Crippen LogP) is 1.74. The van der Waals surface area contributed by atoms with Gasteiger partial charge in [0.05, 0.1) is 12.4 Å². The summed E-state index contributed by atoms with van der Waals surface area (Å²) in [6.45, 7) is 5.79. The fourth-order valence-corrected chi connectivity index (χ4v) is 0.856. The Bertz CT molecular complexity index is 363. The lowest BCUT2D eigenvalue weighted by Gasteiger charge is -2.23. The highest BCUT2D eigenvalue weighted by Crippen LogP contribution is 2.17. The van der Waals surface area contributed by atoms with Crippen LogP contribution in [0.5, 0.6) is 5.88 Å². The van der Waals surface area contributed by atoms with Crippen molar-refractivity contribution in [3.8, 4) is 5.88 Å². The van der Waals surface area contributed by atoms with Crippen molar-refractivity contribution in [3.05, 3.63) is 18.1 Å². The van der Waals surface area contributed by atoms with Gasteiger partial charge in [0.2, 0.25) is 5.88 Å². The van der Waals surface area contributed by atoms with Crippen LogP contribution in [-0.4, -0.2) is 26.6 Å². The van der Waals surface area contributed by atoms with E-state index in [-0.39, 0.29) is 17.2 Å². The van der Waals surface area contributed by atoms with Crippen LogP contribution in [0.1, 0.15) is 37.7 Å². The number of carbonyl (C=O) groups is 1. The van der Waals surface area contributed by atoms with Crippen LogP contribution >= 0.6 is 0 Å². The second kappa shape index (κ2) is 4.25. The number of carboxylic acid groups (broad SMARTS) is 1. The highest BCUT2D eigenvalue weighted by Gasteiger charge is 2.18. The van der Waals surface area contributed by atoms with E-state index in [9.17, 15) is 4.79 Å². The summed E-state index contributed by atoms with van der Waals surface area (Å²) in [5.74, 6) is -0.871. The number of hydrogen-bond donors (Lipinski definition) is 1. The molecule has 5 nitrogen and oxygen atoms in total. The van der Waals surface area contributed by atoms with E-state index < -0.39 is 5.97 Å². The van der Waals surface area contributed by atoms with Gasteiger partial charge in [0, 0.05) is 0 Å². The largest absolute Gasteiger partial charge is 0.476 e. The van der Waals surface area contributed by atoms with Crippen molar-refractivity contribution in [3.63, 3.8) is 0 Å². The van der Waals surface area contributed by atoms with E-state index in [1.807, 2.05) is 20.8 Å². The third-order valence-electron chi connectivity index (χ3n) is 2.06. The van der Waals surface area contributed by atoms with Gasteiger partial charge < -0.3 is 9.84 Å². The first kappa shape index (κ1) is 11.4. The standard InChI is InChI=1S/C10H14N2O3/c1-4-10(2,3)15-8-6-11-5-7(12-8)9(13)14/h5-6H,4H2,1-3H3,(H,13,14). The molecule has 1 aromatic rings. The number of ether oxygens (including phenoxy) is 1. The molecule has 0 aliphatic carbocycles. The lowest BCUT2D eigenvalue weighted by atomic mass is 10.1. The molecule has 0 radical (unpaired) electrons. The van der Waals surface area contributed by atoms with E-state index in [0.29, 0.717) is 0 Å². The van der Waals surface area contributed by atoms with Crippen LogP contribution in [-0.2, 0) is 0 Å². The fourth-order valence-electron chi connectivity index (χ4n) is 0.856. The summed E-state index contributed by atoms with van der Waals surface area (Å²) in [6, 6.07) is 0. The van der Waals surface area contributed by atoms with Crippen LogP contribution in [0.15, 0.2) is 12.4 Å². The Balaban J connectivity index is 2.87. The Kier molecular flexibility index (Phi) is 3.24. The number of aromatic carboxylic acids is 1. The van der Waals surface area contributed by atoms with E-state index in [1.54, 1.807) is 0 Å². The molecular formula is C10H14N2O3. The van der Waals surface area contributed by atoms with E-state index >= 15 is 0 Å². The number of nitrogens with zero attached hydrogens (tertiary/aromatic N) is 2. The van der Waals surface area contributed by atoms with Crippen molar-refractivity contribution >= 4 is 5.97 Å². The van der Waals surface area contributed by atoms with Crippen molar-refractivity contribution in [2.75, 3.05) is 0 Å². The summed E-state index contributed by atoms with van der Waals surface area (Å²) in [7, 11) is 0. The average Bonchev–Trinajstić information content (AvgIpc) is 2.17. The number of aromatic nitrogens is 2. The molecule has 0 unspecified atom stereocenters. The van der Waals surface area contributed by atoms with Crippen LogP contribution in [0.4, 0.5) is 0 Å². The Morgan fingerprint density at radius 3 is 2.73 bits per heavy atom. The zero-order valence-corrected chi connectivity index (χ0v) is 9.02. The molecule has 0 amide bonds. The van der Waals surface area contributed by atoms with Gasteiger partial charge in [-0.25, -0.2) is 9.78 Å². The Hall–Kier alpha value is -1.65. The van der Waals surface area contributed by atoms with Crippen LogP contribution in [0.2, 0.25) is 0 Å². The van der Waals surface area contributed by atoms with Crippen LogP contribution < -0.4 is 4.74 Å². The molecule has 0 aromatic carbocycles. The van der Waals surface area contributed by atoms with E-state index in [0.717, 1.165) is 6.42 Å². The second-order valence-electron chi connectivity index (χ2n) is 3.76. The van der Waals surface area contributed by atoms with Gasteiger partial charge >= 0.3 is 5.97 Å². The minimum absolute atomic E-state index is 0.112. The van der Waals surface area contributed by atoms with Crippen LogP contribution in [0.3, 0.4) is 0 Å². The average molecular weight is 210 g/mol. The lowest BCUT2D eigenvalue weighted by Crippen LogP contribution is -2.27. The third kappa shape index (κ3) is 3.19. The summed E-state index contributed by atoms with van der Waals surface area (Å²) < 4.78 is 5.50. The molecule has 1 rings (SSSR count). The first-order valence-electron chi connectivity index (χ1n) is 4.69. The lowest BCUT2D eigenvalue weighted by molar-refractivity contribution is 0.0679. The zero-order chi connectivity index (χ0) is 11.5. The van der Waals surface area contributed by atoms with Gasteiger partial charge in [-0.2, -0.15) is 0 Å². The minimum Gasteiger partial charge on any atom is -0.476 e. The summed E-state index contributed by atoms with van der Waals surface area (Å²) >= 11 is 0. The van der Waals surface area contributed by atoms with E-state index in [4.69, 9.17) is 9.84 Å². The third-order valence-corrected chi connectivity index (χ3v) is 2.06. The molecule has 15 heavy (non-hydrogen) atoms. The molecule has 0 aliphatic rings. The van der Waals surface area contributed by atoms with Crippen molar-refractivity contribution in [1.82, 2.24) is 9.97 Å². The maximum atomic E-state index is 10.6. The topological polar surface area (TPSA) is 72.3 Å². The highest BCUT2D eigenvalue weighted by atomic mass is 16.5. The van der Waals surface area contributed by atoms with Crippen molar-refractivity contribution in [1.29, 1.82) is 0 Å². The van der Waals surface area contributed by atoms with Crippen LogP contribution in [0, 0.1) is 0 Å². The first-order valence-corrected chi connectivity index (χ1v) is 4.69. The van der Waals surface area contributed by atoms with E-state index in [1.165, 1.54) is 12.4 Å². The van der Waals surface area contributed by atoms with Gasteiger partial charge in [0.15, 0.2) is 5.69 Å². The van der Waals surface area contributed by atoms with Gasteiger partial charge in [-0.15, -0.1) is 0 Å². The van der Waals surface area contributed by atoms with Crippen LogP contribution in [0.25, 0.3) is 0 Å². The minimum atomic E-state index is -1.11. The fraction of sp³-hybridized carbons (Fsp3) is 0.500. The Labute approximate surface area is 88.1 Å². The summed E-state index contributed by atoms with van der Waals surface area (Å²) in [6.07, 6.45) is 3.39. The number of carboxylic acids is 1. The molecule has 0 saturated heterocycles. The molecule has 1 heterocycles. The number of rotatable bonds is 4. The SMILES string of the molecule is CCC(C)(C)Oc1cncc(C(=O)O)n1. The smallest absolute Gasteiger partial charge is 0.356 e. The van der Waals surface area contributed by atoms with Gasteiger partial charge in [-0.05, 0) is 20.3 Å². The van der Waals surface area contributed by atoms with E-state index in [2.05, 4.69) is 9.97 Å². The molecule has 0 fully saturated rings. The van der Waals surface area contributed by atoms with Crippen molar-refractivity contribution in [2.24, 2.45) is 0 Å². The molecule has 1 N–H and O–H groups in total. The molecule has 82 valence electrons. The Morgan fingerprint density at radius 1 is 1.53 bits per heavy atom. The predicted molar refractivity (Wildman–Crippen MR) is 54.0 cm³/mol. The molecule has 0 saturated carbocycles. The number of hydrogen-bond acceptors (Lipinski definition) is 4. The Morgan fingerprint density at radius 2 is 2.20 bits per heavy atom. The first-order chi connectivity index (χ1) is 6.94. The van der Waals surface area contributed by atoms with Gasteiger partial charge in [-0.1, -0.05) is 6.92 Å². The molecular weight excluding hydrogens is 196 g/mol. The second-order valence-corrected chi connectivity index (χ2v) is 3.76. The highest BCUT2D eigenvalue weighted by molar-refractivity contribution is 5.84. The molecule has 0 atom stereocenters. The molecule has 0 aliphatic heterocycles. The van der Waals surface area contributed by atoms with Crippen molar-refractivity contribution in [2.45, 2.75) is 32.8 Å². The molecule has 1 aromatic heterocycles. The molecule has 0 bridgehead atoms. The van der Waals surface area contributed by atoms with Gasteiger partial charge in [0.25, 0.3) is 0 Å². The van der Waals surface area contributed by atoms with Gasteiger partial charge in [-0.3, -0.25) is 4.98 Å². The van der Waals surface area contributed by atoms with Crippen molar-refractivity contribution < 1.29 is 14.6 Å². The van der Waals surface area contributed by atoms with Gasteiger partial charge in [0.1, 0.15) is 5.60 Å². The summed E-state index contributed by atoms with van der Waals surface area (Å²) in [5, 5.41) is 8.71. The quantitative estimate of drug-likeness (QED) is 0.819.